The zero-order valence-electron chi connectivity index (χ0n) is 10.8. The lowest BCUT2D eigenvalue weighted by atomic mass is 10.2. The molecule has 0 bridgehead atoms. The van der Waals surface area contributed by atoms with E-state index >= 15 is 0 Å². The van der Waals surface area contributed by atoms with Gasteiger partial charge in [-0.2, -0.15) is 0 Å². The van der Waals surface area contributed by atoms with Gasteiger partial charge in [0.2, 0.25) is 5.91 Å². The standard InChI is InChI=1S/C13H18BrNO3/c1-9-4-5-11(15-13(16)10(2)14)12(8-9)18-7-6-17-3/h4-5,8,10H,6-7H2,1-3H3,(H,15,16). The highest BCUT2D eigenvalue weighted by Gasteiger charge is 2.12. The SMILES string of the molecule is COCCOc1cc(C)ccc1NC(=O)C(C)Br. The number of benzene rings is 1. The summed E-state index contributed by atoms with van der Waals surface area (Å²) in [4.78, 5) is 11.4. The number of carbonyl (C=O) groups excluding carboxylic acids is 1. The normalized spacial score (nSPS) is 12.0. The number of anilines is 1. The summed E-state index contributed by atoms with van der Waals surface area (Å²) in [5.41, 5.74) is 1.75. The number of nitrogens with one attached hydrogen (secondary N) is 1. The fourth-order valence-corrected chi connectivity index (χ4v) is 1.43. The second-order valence-electron chi connectivity index (χ2n) is 3.95. The second-order valence-corrected chi connectivity index (χ2v) is 5.32. The fourth-order valence-electron chi connectivity index (χ4n) is 1.32. The maximum Gasteiger partial charge on any atom is 0.237 e. The average molecular weight is 316 g/mol. The highest BCUT2D eigenvalue weighted by molar-refractivity contribution is 9.10. The Morgan fingerprint density at radius 1 is 1.44 bits per heavy atom. The molecule has 0 heterocycles. The van der Waals surface area contributed by atoms with Gasteiger partial charge in [-0.05, 0) is 31.5 Å². The summed E-state index contributed by atoms with van der Waals surface area (Å²) in [6, 6.07) is 5.66. The number of hydrogen-bond acceptors (Lipinski definition) is 3. The first-order chi connectivity index (χ1) is 8.54. The van der Waals surface area contributed by atoms with E-state index in [1.807, 2.05) is 25.1 Å². The first-order valence-corrected chi connectivity index (χ1v) is 6.63. The largest absolute Gasteiger partial charge is 0.489 e. The lowest BCUT2D eigenvalue weighted by Crippen LogP contribution is -2.20. The molecular formula is C13H18BrNO3. The van der Waals surface area contributed by atoms with Gasteiger partial charge in [-0.3, -0.25) is 4.79 Å². The first-order valence-electron chi connectivity index (χ1n) is 5.72. The van der Waals surface area contributed by atoms with E-state index in [0.29, 0.717) is 24.7 Å². The van der Waals surface area contributed by atoms with Gasteiger partial charge in [0.15, 0.2) is 0 Å². The van der Waals surface area contributed by atoms with Gasteiger partial charge in [0.1, 0.15) is 12.4 Å². The van der Waals surface area contributed by atoms with Crippen LogP contribution in [0.3, 0.4) is 0 Å². The van der Waals surface area contributed by atoms with Crippen molar-refractivity contribution in [1.82, 2.24) is 0 Å². The zero-order chi connectivity index (χ0) is 13.5. The smallest absolute Gasteiger partial charge is 0.237 e. The van der Waals surface area contributed by atoms with Gasteiger partial charge in [0.05, 0.1) is 17.1 Å². The van der Waals surface area contributed by atoms with Crippen molar-refractivity contribution in [2.75, 3.05) is 25.6 Å². The molecule has 4 nitrogen and oxygen atoms in total. The minimum atomic E-state index is -0.245. The molecule has 1 aromatic rings. The second kappa shape index (κ2) is 7.38. The van der Waals surface area contributed by atoms with Crippen LogP contribution in [0.5, 0.6) is 5.75 Å². The molecule has 1 N–H and O–H groups in total. The molecule has 18 heavy (non-hydrogen) atoms. The van der Waals surface area contributed by atoms with Crippen molar-refractivity contribution < 1.29 is 14.3 Å². The molecule has 1 rings (SSSR count). The number of carbonyl (C=O) groups is 1. The Hall–Kier alpha value is -1.07. The number of halogens is 1. The lowest BCUT2D eigenvalue weighted by Gasteiger charge is -2.13. The Labute approximate surface area is 116 Å². The highest BCUT2D eigenvalue weighted by Crippen LogP contribution is 2.26. The summed E-state index contributed by atoms with van der Waals surface area (Å²) in [5, 5.41) is 2.81. The van der Waals surface area contributed by atoms with E-state index in [2.05, 4.69) is 21.2 Å². The van der Waals surface area contributed by atoms with Gasteiger partial charge in [-0.25, -0.2) is 0 Å². The van der Waals surface area contributed by atoms with Gasteiger partial charge in [0, 0.05) is 7.11 Å². The molecule has 0 saturated heterocycles. The third-order valence-electron chi connectivity index (χ3n) is 2.30. The number of rotatable bonds is 6. The van der Waals surface area contributed by atoms with E-state index in [-0.39, 0.29) is 10.7 Å². The number of alkyl halides is 1. The predicted octanol–water partition coefficient (Wildman–Crippen LogP) is 2.74. The molecule has 0 radical (unpaired) electrons. The van der Waals surface area contributed by atoms with Crippen LogP contribution in [0.4, 0.5) is 5.69 Å². The molecule has 0 aliphatic rings. The van der Waals surface area contributed by atoms with Crippen LogP contribution >= 0.6 is 15.9 Å². The van der Waals surface area contributed by atoms with Gasteiger partial charge in [-0.15, -0.1) is 0 Å². The number of hydrogen-bond donors (Lipinski definition) is 1. The molecule has 0 fully saturated rings. The van der Waals surface area contributed by atoms with Crippen LogP contribution in [-0.2, 0) is 9.53 Å². The summed E-state index contributed by atoms with van der Waals surface area (Å²) >= 11 is 3.23. The van der Waals surface area contributed by atoms with Crippen LogP contribution in [0.15, 0.2) is 18.2 Å². The minimum absolute atomic E-state index is 0.101. The Balaban J connectivity index is 2.79. The number of amides is 1. The molecule has 100 valence electrons. The molecule has 0 aliphatic carbocycles. The molecule has 0 saturated carbocycles. The molecule has 0 spiro atoms. The van der Waals surface area contributed by atoms with Crippen molar-refractivity contribution >= 4 is 27.5 Å². The Morgan fingerprint density at radius 2 is 2.17 bits per heavy atom. The van der Waals surface area contributed by atoms with Gasteiger partial charge in [0.25, 0.3) is 0 Å². The summed E-state index contributed by atoms with van der Waals surface area (Å²) in [5.74, 6) is 0.559. The summed E-state index contributed by atoms with van der Waals surface area (Å²) in [6.07, 6.45) is 0. The quantitative estimate of drug-likeness (QED) is 0.648. The van der Waals surface area contributed by atoms with Crippen LogP contribution in [-0.4, -0.2) is 31.1 Å². The van der Waals surface area contributed by atoms with Gasteiger partial charge >= 0.3 is 0 Å². The third-order valence-corrected chi connectivity index (χ3v) is 2.72. The van der Waals surface area contributed by atoms with Crippen molar-refractivity contribution in [3.8, 4) is 5.75 Å². The third kappa shape index (κ3) is 4.66. The van der Waals surface area contributed by atoms with Gasteiger partial charge in [-0.1, -0.05) is 22.0 Å². The van der Waals surface area contributed by atoms with Crippen LogP contribution in [0, 0.1) is 6.92 Å². The monoisotopic (exact) mass is 315 g/mol. The van der Waals surface area contributed by atoms with Crippen LogP contribution in [0.1, 0.15) is 12.5 Å². The van der Waals surface area contributed by atoms with Gasteiger partial charge < -0.3 is 14.8 Å². The van der Waals surface area contributed by atoms with E-state index in [9.17, 15) is 4.79 Å². The van der Waals surface area contributed by atoms with E-state index in [0.717, 1.165) is 5.56 Å². The zero-order valence-corrected chi connectivity index (χ0v) is 12.4. The molecular weight excluding hydrogens is 298 g/mol. The van der Waals surface area contributed by atoms with Crippen molar-refractivity contribution in [2.24, 2.45) is 0 Å². The molecule has 5 heteroatoms. The van der Waals surface area contributed by atoms with Crippen molar-refractivity contribution in [3.63, 3.8) is 0 Å². The maximum absolute atomic E-state index is 11.6. The molecule has 1 unspecified atom stereocenters. The van der Waals surface area contributed by atoms with Crippen LogP contribution in [0.25, 0.3) is 0 Å². The molecule has 1 atom stereocenters. The molecule has 0 aromatic heterocycles. The fraction of sp³-hybridized carbons (Fsp3) is 0.462. The van der Waals surface area contributed by atoms with E-state index in [1.165, 1.54) is 0 Å². The van der Waals surface area contributed by atoms with Crippen molar-refractivity contribution in [1.29, 1.82) is 0 Å². The summed E-state index contributed by atoms with van der Waals surface area (Å²) in [7, 11) is 1.62. The lowest BCUT2D eigenvalue weighted by molar-refractivity contribution is -0.115. The summed E-state index contributed by atoms with van der Waals surface area (Å²) in [6.45, 7) is 4.71. The van der Waals surface area contributed by atoms with E-state index < -0.39 is 0 Å². The number of methoxy groups -OCH3 is 1. The van der Waals surface area contributed by atoms with E-state index in [1.54, 1.807) is 14.0 Å². The maximum atomic E-state index is 11.6. The Bertz CT molecular complexity index is 407. The van der Waals surface area contributed by atoms with Crippen LogP contribution in [0.2, 0.25) is 0 Å². The van der Waals surface area contributed by atoms with Crippen molar-refractivity contribution in [2.45, 2.75) is 18.7 Å². The average Bonchev–Trinajstić information content (AvgIpc) is 2.32. The van der Waals surface area contributed by atoms with E-state index in [4.69, 9.17) is 9.47 Å². The Kier molecular flexibility index (Phi) is 6.15. The number of ether oxygens (including phenoxy) is 2. The van der Waals surface area contributed by atoms with Crippen LogP contribution < -0.4 is 10.1 Å². The summed E-state index contributed by atoms with van der Waals surface area (Å²) < 4.78 is 10.5. The molecule has 0 aliphatic heterocycles. The molecule has 1 aromatic carbocycles. The predicted molar refractivity (Wildman–Crippen MR) is 75.6 cm³/mol. The van der Waals surface area contributed by atoms with Crippen molar-refractivity contribution in [3.05, 3.63) is 23.8 Å². The first kappa shape index (κ1) is 15.0. The number of aryl methyl sites for hydroxylation is 1. The topological polar surface area (TPSA) is 47.6 Å². The minimum Gasteiger partial charge on any atom is -0.489 e. The molecule has 1 amide bonds. The highest BCUT2D eigenvalue weighted by atomic mass is 79.9. The Morgan fingerprint density at radius 3 is 2.78 bits per heavy atom.